The molecular weight excluding hydrogens is 346 g/mol. The van der Waals surface area contributed by atoms with E-state index in [9.17, 15) is 4.79 Å². The first-order valence-electron chi connectivity index (χ1n) is 9.10. The molecule has 0 radical (unpaired) electrons. The van der Waals surface area contributed by atoms with Gasteiger partial charge in [-0.2, -0.15) is 0 Å². The fourth-order valence-corrected chi connectivity index (χ4v) is 4.17. The van der Waals surface area contributed by atoms with Crippen LogP contribution in [0.25, 0.3) is 0 Å². The standard InChI is InChI=1S/C20H27N3O2S/c1-16-19(26-15-21-16)14-23(12-17-6-4-3-5-7-17)20(24)18-8-9-22(13-18)10-11-25-2/h3-7,15,18H,8-14H2,1-2H3/t18-/m0/s1. The van der Waals surface area contributed by atoms with Crippen LogP contribution in [0.3, 0.4) is 0 Å². The third-order valence-corrected chi connectivity index (χ3v) is 5.86. The molecule has 1 saturated heterocycles. The van der Waals surface area contributed by atoms with Crippen LogP contribution in [0.5, 0.6) is 0 Å². The fourth-order valence-electron chi connectivity index (χ4n) is 3.38. The molecule has 0 unspecified atom stereocenters. The second kappa shape index (κ2) is 9.26. The Balaban J connectivity index is 1.70. The summed E-state index contributed by atoms with van der Waals surface area (Å²) in [6.45, 7) is 6.71. The Morgan fingerprint density at radius 3 is 2.85 bits per heavy atom. The molecule has 1 aromatic carbocycles. The number of benzene rings is 1. The second-order valence-electron chi connectivity index (χ2n) is 6.82. The normalized spacial score (nSPS) is 17.5. The first-order valence-corrected chi connectivity index (χ1v) is 9.98. The minimum Gasteiger partial charge on any atom is -0.383 e. The molecule has 2 aromatic rings. The van der Waals surface area contributed by atoms with Gasteiger partial charge in [-0.25, -0.2) is 4.98 Å². The first kappa shape index (κ1) is 19.0. The van der Waals surface area contributed by atoms with Crippen LogP contribution in [0, 0.1) is 12.8 Å². The molecule has 6 heteroatoms. The summed E-state index contributed by atoms with van der Waals surface area (Å²) in [5, 5.41) is 0. The van der Waals surface area contributed by atoms with Gasteiger partial charge in [0.1, 0.15) is 0 Å². The second-order valence-corrected chi connectivity index (χ2v) is 7.76. The van der Waals surface area contributed by atoms with Crippen molar-refractivity contribution in [3.63, 3.8) is 0 Å². The van der Waals surface area contributed by atoms with E-state index in [0.717, 1.165) is 37.3 Å². The molecule has 2 heterocycles. The number of nitrogens with zero attached hydrogens (tertiary/aromatic N) is 3. The molecule has 0 bridgehead atoms. The lowest BCUT2D eigenvalue weighted by molar-refractivity contribution is -0.136. The van der Waals surface area contributed by atoms with Crippen molar-refractivity contribution >= 4 is 17.2 Å². The molecule has 140 valence electrons. The van der Waals surface area contributed by atoms with Gasteiger partial charge in [-0.15, -0.1) is 11.3 Å². The molecule has 1 aliphatic rings. The highest BCUT2D eigenvalue weighted by Crippen LogP contribution is 2.23. The number of ether oxygens (including phenoxy) is 1. The summed E-state index contributed by atoms with van der Waals surface area (Å²) in [6.07, 6.45) is 0.926. The van der Waals surface area contributed by atoms with Crippen LogP contribution in [-0.4, -0.2) is 54.0 Å². The third kappa shape index (κ3) is 4.90. The van der Waals surface area contributed by atoms with E-state index in [2.05, 4.69) is 22.0 Å². The first-order chi connectivity index (χ1) is 12.7. The lowest BCUT2D eigenvalue weighted by Crippen LogP contribution is -2.37. The Hall–Kier alpha value is -1.76. The van der Waals surface area contributed by atoms with Crippen LogP contribution < -0.4 is 0 Å². The van der Waals surface area contributed by atoms with Gasteiger partial charge in [-0.05, 0) is 25.5 Å². The largest absolute Gasteiger partial charge is 0.383 e. The van der Waals surface area contributed by atoms with E-state index in [1.54, 1.807) is 18.4 Å². The van der Waals surface area contributed by atoms with E-state index >= 15 is 0 Å². The third-order valence-electron chi connectivity index (χ3n) is 4.94. The Morgan fingerprint density at radius 1 is 1.35 bits per heavy atom. The van der Waals surface area contributed by atoms with Crippen molar-refractivity contribution in [3.8, 4) is 0 Å². The predicted molar refractivity (Wildman–Crippen MR) is 104 cm³/mol. The van der Waals surface area contributed by atoms with Crippen molar-refractivity contribution in [2.75, 3.05) is 33.4 Å². The summed E-state index contributed by atoms with van der Waals surface area (Å²) in [5.74, 6) is 0.324. The molecule has 1 aromatic heterocycles. The Morgan fingerprint density at radius 2 is 2.15 bits per heavy atom. The van der Waals surface area contributed by atoms with Crippen molar-refractivity contribution in [2.24, 2.45) is 5.92 Å². The molecule has 0 aliphatic carbocycles. The van der Waals surface area contributed by atoms with Crippen molar-refractivity contribution in [1.82, 2.24) is 14.8 Å². The van der Waals surface area contributed by atoms with E-state index < -0.39 is 0 Å². The number of rotatable bonds is 8. The zero-order valence-electron chi connectivity index (χ0n) is 15.6. The van der Waals surface area contributed by atoms with Crippen LogP contribution in [0.4, 0.5) is 0 Å². The van der Waals surface area contributed by atoms with Gasteiger partial charge in [-0.1, -0.05) is 30.3 Å². The zero-order valence-corrected chi connectivity index (χ0v) is 16.4. The predicted octanol–water partition coefficient (Wildman–Crippen LogP) is 2.95. The summed E-state index contributed by atoms with van der Waals surface area (Å²) in [4.78, 5) is 23.1. The van der Waals surface area contributed by atoms with Gasteiger partial charge < -0.3 is 14.5 Å². The van der Waals surface area contributed by atoms with Crippen LogP contribution in [-0.2, 0) is 22.6 Å². The van der Waals surface area contributed by atoms with Crippen molar-refractivity contribution in [2.45, 2.75) is 26.4 Å². The summed E-state index contributed by atoms with van der Waals surface area (Å²) >= 11 is 1.63. The van der Waals surface area contributed by atoms with Crippen molar-refractivity contribution in [3.05, 3.63) is 52.0 Å². The fraction of sp³-hybridized carbons (Fsp3) is 0.500. The minimum atomic E-state index is 0.0730. The number of thiazole rings is 1. The molecule has 5 nitrogen and oxygen atoms in total. The number of methoxy groups -OCH3 is 1. The van der Waals surface area contributed by atoms with Gasteiger partial charge in [0.25, 0.3) is 0 Å². The van der Waals surface area contributed by atoms with Crippen LogP contribution in [0.2, 0.25) is 0 Å². The topological polar surface area (TPSA) is 45.7 Å². The van der Waals surface area contributed by atoms with E-state index in [4.69, 9.17) is 4.74 Å². The number of hydrogen-bond donors (Lipinski definition) is 0. The van der Waals surface area contributed by atoms with E-state index in [1.807, 2.05) is 35.5 Å². The lowest BCUT2D eigenvalue weighted by Gasteiger charge is -2.26. The van der Waals surface area contributed by atoms with Crippen LogP contribution >= 0.6 is 11.3 Å². The Labute approximate surface area is 159 Å². The molecule has 26 heavy (non-hydrogen) atoms. The average molecular weight is 374 g/mol. The highest BCUT2D eigenvalue weighted by atomic mass is 32.1. The Kier molecular flexibility index (Phi) is 6.77. The molecule has 1 aliphatic heterocycles. The maximum atomic E-state index is 13.3. The summed E-state index contributed by atoms with van der Waals surface area (Å²) in [6, 6.07) is 10.2. The Bertz CT molecular complexity index is 704. The quantitative estimate of drug-likeness (QED) is 0.714. The van der Waals surface area contributed by atoms with Gasteiger partial charge >= 0.3 is 0 Å². The van der Waals surface area contributed by atoms with Crippen molar-refractivity contribution in [1.29, 1.82) is 0 Å². The highest BCUT2D eigenvalue weighted by Gasteiger charge is 2.31. The van der Waals surface area contributed by atoms with Gasteiger partial charge in [-0.3, -0.25) is 4.79 Å². The van der Waals surface area contributed by atoms with E-state index in [1.165, 1.54) is 4.88 Å². The molecule has 0 spiro atoms. The van der Waals surface area contributed by atoms with Crippen LogP contribution in [0.15, 0.2) is 35.8 Å². The van der Waals surface area contributed by atoms with Crippen LogP contribution in [0.1, 0.15) is 22.6 Å². The number of amides is 1. The van der Waals surface area contributed by atoms with Gasteiger partial charge in [0.2, 0.25) is 5.91 Å². The maximum absolute atomic E-state index is 13.3. The number of aryl methyl sites for hydroxylation is 1. The van der Waals surface area contributed by atoms with Gasteiger partial charge in [0.15, 0.2) is 0 Å². The SMILES string of the molecule is COCCN1CC[C@H](C(=O)N(Cc2ccccc2)Cc2scnc2C)C1. The van der Waals surface area contributed by atoms with E-state index in [0.29, 0.717) is 19.7 Å². The van der Waals surface area contributed by atoms with Gasteiger partial charge in [0, 0.05) is 31.6 Å². The molecule has 0 N–H and O–H groups in total. The maximum Gasteiger partial charge on any atom is 0.227 e. The van der Waals surface area contributed by atoms with E-state index in [-0.39, 0.29) is 11.8 Å². The molecule has 1 amide bonds. The lowest BCUT2D eigenvalue weighted by atomic mass is 10.1. The summed E-state index contributed by atoms with van der Waals surface area (Å²) < 4.78 is 5.17. The highest BCUT2D eigenvalue weighted by molar-refractivity contribution is 7.09. The van der Waals surface area contributed by atoms with Crippen molar-refractivity contribution < 1.29 is 9.53 Å². The molecule has 1 fully saturated rings. The number of aromatic nitrogens is 1. The summed E-state index contributed by atoms with van der Waals surface area (Å²) in [7, 11) is 1.72. The zero-order chi connectivity index (χ0) is 18.4. The monoisotopic (exact) mass is 373 g/mol. The van der Waals surface area contributed by atoms with Gasteiger partial charge in [0.05, 0.1) is 30.3 Å². The summed E-state index contributed by atoms with van der Waals surface area (Å²) in [5.41, 5.74) is 4.05. The smallest absolute Gasteiger partial charge is 0.227 e. The number of likely N-dealkylation sites (tertiary alicyclic amines) is 1. The molecular formula is C20H27N3O2S. The molecule has 1 atom stereocenters. The molecule has 3 rings (SSSR count). The number of carbonyl (C=O) groups is 1. The number of carbonyl (C=O) groups excluding carboxylic acids is 1. The number of hydrogen-bond acceptors (Lipinski definition) is 5. The average Bonchev–Trinajstić information content (AvgIpc) is 3.29. The minimum absolute atomic E-state index is 0.0730. The molecule has 0 saturated carbocycles.